The quantitative estimate of drug-likeness (QED) is 0.869. The van der Waals surface area contributed by atoms with Gasteiger partial charge in [-0.2, -0.15) is 0 Å². The number of hydrogen-bond acceptors (Lipinski definition) is 4. The molecule has 1 aromatic heterocycles. The first-order valence-corrected chi connectivity index (χ1v) is 6.59. The Labute approximate surface area is 109 Å². The Kier molecular flexibility index (Phi) is 4.96. The summed E-state index contributed by atoms with van der Waals surface area (Å²) in [7, 11) is 3.46. The highest BCUT2D eigenvalue weighted by Gasteiger charge is 2.24. The van der Waals surface area contributed by atoms with Crippen molar-refractivity contribution in [2.24, 2.45) is 0 Å². The molecule has 0 spiro atoms. The predicted octanol–water partition coefficient (Wildman–Crippen LogP) is 2.14. The lowest BCUT2D eigenvalue weighted by Gasteiger charge is -2.31. The number of rotatable bonds is 5. The van der Waals surface area contributed by atoms with Crippen LogP contribution in [0.5, 0.6) is 5.88 Å². The summed E-state index contributed by atoms with van der Waals surface area (Å²) in [6.45, 7) is 0.779. The molecule has 100 valence electrons. The largest absolute Gasteiger partial charge is 0.481 e. The van der Waals surface area contributed by atoms with E-state index in [4.69, 9.17) is 9.47 Å². The fourth-order valence-corrected chi connectivity index (χ4v) is 2.60. The number of nitrogens with one attached hydrogen (secondary N) is 1. The van der Waals surface area contributed by atoms with Crippen molar-refractivity contribution >= 4 is 0 Å². The van der Waals surface area contributed by atoms with Crippen LogP contribution >= 0.6 is 0 Å². The molecule has 2 unspecified atom stereocenters. The van der Waals surface area contributed by atoms with Crippen molar-refractivity contribution in [1.82, 2.24) is 10.3 Å². The lowest BCUT2D eigenvalue weighted by Crippen LogP contribution is -2.42. The van der Waals surface area contributed by atoms with Gasteiger partial charge in [-0.15, -0.1) is 0 Å². The molecule has 1 aliphatic carbocycles. The number of hydrogen-bond donors (Lipinski definition) is 1. The molecule has 1 heterocycles. The highest BCUT2D eigenvalue weighted by Crippen LogP contribution is 2.22. The molecule has 0 amide bonds. The van der Waals surface area contributed by atoms with Crippen LogP contribution in [0.15, 0.2) is 18.3 Å². The third-order valence-electron chi connectivity index (χ3n) is 3.60. The molecule has 1 N–H and O–H groups in total. The molecule has 4 nitrogen and oxygen atoms in total. The zero-order valence-electron chi connectivity index (χ0n) is 11.2. The molecule has 1 fully saturated rings. The summed E-state index contributed by atoms with van der Waals surface area (Å²) >= 11 is 0. The Morgan fingerprint density at radius 2 is 2.17 bits per heavy atom. The van der Waals surface area contributed by atoms with E-state index in [-0.39, 0.29) is 0 Å². The van der Waals surface area contributed by atoms with Crippen LogP contribution in [0.2, 0.25) is 0 Å². The Morgan fingerprint density at radius 1 is 1.33 bits per heavy atom. The van der Waals surface area contributed by atoms with E-state index in [9.17, 15) is 0 Å². The summed E-state index contributed by atoms with van der Waals surface area (Å²) in [6.07, 6.45) is 6.97. The number of nitrogens with zero attached hydrogens (tertiary/aromatic N) is 1. The second-order valence-corrected chi connectivity index (χ2v) is 4.72. The van der Waals surface area contributed by atoms with Gasteiger partial charge in [0.15, 0.2) is 0 Å². The minimum absolute atomic E-state index is 0.335. The van der Waals surface area contributed by atoms with E-state index in [1.54, 1.807) is 20.4 Å². The first kappa shape index (κ1) is 13.3. The number of aromatic nitrogens is 1. The molecule has 0 saturated heterocycles. The van der Waals surface area contributed by atoms with Crippen LogP contribution in [0.3, 0.4) is 0 Å². The van der Waals surface area contributed by atoms with Crippen LogP contribution in [-0.2, 0) is 11.3 Å². The van der Waals surface area contributed by atoms with Crippen molar-refractivity contribution in [3.8, 4) is 5.88 Å². The molecular weight excluding hydrogens is 228 g/mol. The summed E-state index contributed by atoms with van der Waals surface area (Å²) in [4.78, 5) is 4.21. The third kappa shape index (κ3) is 3.21. The van der Waals surface area contributed by atoms with Gasteiger partial charge in [0.2, 0.25) is 5.88 Å². The Balaban J connectivity index is 1.93. The SMILES string of the molecule is COc1ncccc1CNC1CCCCC1OC. The van der Waals surface area contributed by atoms with E-state index in [0.29, 0.717) is 18.0 Å². The minimum Gasteiger partial charge on any atom is -0.481 e. The van der Waals surface area contributed by atoms with Gasteiger partial charge in [0.25, 0.3) is 0 Å². The molecule has 1 aliphatic rings. The van der Waals surface area contributed by atoms with Crippen LogP contribution in [-0.4, -0.2) is 31.3 Å². The highest BCUT2D eigenvalue weighted by molar-refractivity contribution is 5.25. The van der Waals surface area contributed by atoms with Crippen LogP contribution in [0.4, 0.5) is 0 Å². The third-order valence-corrected chi connectivity index (χ3v) is 3.60. The van der Waals surface area contributed by atoms with E-state index in [2.05, 4.69) is 10.3 Å². The van der Waals surface area contributed by atoms with Gasteiger partial charge in [-0.05, 0) is 18.9 Å². The average molecular weight is 250 g/mol. The Hall–Kier alpha value is -1.13. The van der Waals surface area contributed by atoms with Gasteiger partial charge < -0.3 is 14.8 Å². The van der Waals surface area contributed by atoms with E-state index in [0.717, 1.165) is 18.5 Å². The molecule has 4 heteroatoms. The van der Waals surface area contributed by atoms with E-state index >= 15 is 0 Å². The predicted molar refractivity (Wildman–Crippen MR) is 70.7 cm³/mol. The second-order valence-electron chi connectivity index (χ2n) is 4.72. The smallest absolute Gasteiger partial charge is 0.217 e. The average Bonchev–Trinajstić information content (AvgIpc) is 2.45. The van der Waals surface area contributed by atoms with Crippen LogP contribution in [0, 0.1) is 0 Å². The molecule has 0 bridgehead atoms. The lowest BCUT2D eigenvalue weighted by molar-refractivity contribution is 0.0412. The zero-order valence-corrected chi connectivity index (χ0v) is 11.2. The first-order chi connectivity index (χ1) is 8.85. The van der Waals surface area contributed by atoms with Gasteiger partial charge in [0.05, 0.1) is 13.2 Å². The zero-order chi connectivity index (χ0) is 12.8. The summed E-state index contributed by atoms with van der Waals surface area (Å²) in [5.74, 6) is 0.703. The summed E-state index contributed by atoms with van der Waals surface area (Å²) in [5, 5.41) is 3.57. The van der Waals surface area contributed by atoms with Crippen LogP contribution < -0.4 is 10.1 Å². The van der Waals surface area contributed by atoms with Gasteiger partial charge >= 0.3 is 0 Å². The molecule has 0 radical (unpaired) electrons. The van der Waals surface area contributed by atoms with Crippen molar-refractivity contribution in [1.29, 1.82) is 0 Å². The van der Waals surface area contributed by atoms with Crippen LogP contribution in [0.25, 0.3) is 0 Å². The Morgan fingerprint density at radius 3 is 2.94 bits per heavy atom. The topological polar surface area (TPSA) is 43.4 Å². The standard InChI is InChI=1S/C14H22N2O2/c1-17-13-8-4-3-7-12(13)16-10-11-6-5-9-15-14(11)18-2/h5-6,9,12-13,16H,3-4,7-8,10H2,1-2H3. The van der Waals surface area contributed by atoms with Crippen molar-refractivity contribution in [3.63, 3.8) is 0 Å². The molecule has 0 aliphatic heterocycles. The number of methoxy groups -OCH3 is 2. The number of ether oxygens (including phenoxy) is 2. The van der Waals surface area contributed by atoms with Crippen molar-refractivity contribution in [3.05, 3.63) is 23.9 Å². The molecular formula is C14H22N2O2. The molecule has 0 aromatic carbocycles. The summed E-state index contributed by atoms with van der Waals surface area (Å²) in [5.41, 5.74) is 1.10. The molecule has 1 aromatic rings. The summed E-state index contributed by atoms with van der Waals surface area (Å²) < 4.78 is 10.8. The normalized spacial score (nSPS) is 23.9. The van der Waals surface area contributed by atoms with Gasteiger partial charge in [0, 0.05) is 31.5 Å². The van der Waals surface area contributed by atoms with Crippen LogP contribution in [0.1, 0.15) is 31.2 Å². The van der Waals surface area contributed by atoms with E-state index in [1.807, 2.05) is 12.1 Å². The molecule has 18 heavy (non-hydrogen) atoms. The van der Waals surface area contributed by atoms with Gasteiger partial charge in [-0.1, -0.05) is 18.9 Å². The second kappa shape index (κ2) is 6.71. The van der Waals surface area contributed by atoms with Crippen molar-refractivity contribution < 1.29 is 9.47 Å². The highest BCUT2D eigenvalue weighted by atomic mass is 16.5. The van der Waals surface area contributed by atoms with Crippen molar-refractivity contribution in [2.45, 2.75) is 44.4 Å². The molecule has 2 atom stereocenters. The summed E-state index contributed by atoms with van der Waals surface area (Å²) in [6, 6.07) is 4.42. The van der Waals surface area contributed by atoms with Gasteiger partial charge in [0.1, 0.15) is 0 Å². The maximum absolute atomic E-state index is 5.54. The van der Waals surface area contributed by atoms with Gasteiger partial charge in [-0.3, -0.25) is 0 Å². The molecule has 1 saturated carbocycles. The number of pyridine rings is 1. The van der Waals surface area contributed by atoms with Gasteiger partial charge in [-0.25, -0.2) is 4.98 Å². The fraction of sp³-hybridized carbons (Fsp3) is 0.643. The Bertz CT molecular complexity index is 371. The maximum Gasteiger partial charge on any atom is 0.217 e. The molecule has 2 rings (SSSR count). The van der Waals surface area contributed by atoms with E-state index in [1.165, 1.54) is 19.3 Å². The maximum atomic E-state index is 5.54. The first-order valence-electron chi connectivity index (χ1n) is 6.59. The van der Waals surface area contributed by atoms with Crippen molar-refractivity contribution in [2.75, 3.05) is 14.2 Å². The minimum atomic E-state index is 0.335. The monoisotopic (exact) mass is 250 g/mol. The van der Waals surface area contributed by atoms with E-state index < -0.39 is 0 Å². The lowest BCUT2D eigenvalue weighted by atomic mass is 9.92. The fourth-order valence-electron chi connectivity index (χ4n) is 2.60.